The van der Waals surface area contributed by atoms with E-state index in [4.69, 9.17) is 0 Å². The first-order chi connectivity index (χ1) is 8.72. The zero-order valence-corrected chi connectivity index (χ0v) is 12.4. The zero-order valence-electron chi connectivity index (χ0n) is 10.8. The summed E-state index contributed by atoms with van der Waals surface area (Å²) in [6.07, 6.45) is 4.00. The van der Waals surface area contributed by atoms with Gasteiger partial charge in [0.2, 0.25) is 0 Å². The monoisotopic (exact) mass is 310 g/mol. The van der Waals surface area contributed by atoms with Gasteiger partial charge in [0.15, 0.2) is 0 Å². The van der Waals surface area contributed by atoms with Gasteiger partial charge < -0.3 is 4.90 Å². The SMILES string of the molecule is Cc1nc(Br)cc(N2CCC(N3CCCC3)C2)n1. The maximum Gasteiger partial charge on any atom is 0.133 e. The van der Waals surface area contributed by atoms with Crippen LogP contribution in [-0.4, -0.2) is 47.1 Å². The lowest BCUT2D eigenvalue weighted by atomic mass is 10.2. The van der Waals surface area contributed by atoms with Crippen LogP contribution in [0, 0.1) is 6.92 Å². The van der Waals surface area contributed by atoms with Crippen LogP contribution < -0.4 is 4.90 Å². The molecule has 0 amide bonds. The lowest BCUT2D eigenvalue weighted by molar-refractivity contribution is 0.260. The van der Waals surface area contributed by atoms with Crippen molar-refractivity contribution >= 4 is 21.7 Å². The molecule has 2 aliphatic heterocycles. The van der Waals surface area contributed by atoms with Crippen LogP contribution in [0.1, 0.15) is 25.1 Å². The van der Waals surface area contributed by atoms with E-state index in [1.54, 1.807) is 0 Å². The second-order valence-corrected chi connectivity index (χ2v) is 6.04. The molecule has 2 aliphatic rings. The van der Waals surface area contributed by atoms with E-state index < -0.39 is 0 Å². The van der Waals surface area contributed by atoms with E-state index in [1.165, 1.54) is 32.4 Å². The average molecular weight is 311 g/mol. The molecule has 3 rings (SSSR count). The Hall–Kier alpha value is -0.680. The van der Waals surface area contributed by atoms with Crippen LogP contribution in [0.4, 0.5) is 5.82 Å². The molecule has 0 aromatic carbocycles. The highest BCUT2D eigenvalue weighted by Crippen LogP contribution is 2.25. The molecule has 1 aromatic rings. The number of anilines is 1. The summed E-state index contributed by atoms with van der Waals surface area (Å²) in [7, 11) is 0. The van der Waals surface area contributed by atoms with Gasteiger partial charge in [0.05, 0.1) is 0 Å². The normalized spacial score (nSPS) is 25.0. The van der Waals surface area contributed by atoms with Gasteiger partial charge in [0, 0.05) is 25.2 Å². The first-order valence-corrected chi connectivity index (χ1v) is 7.52. The molecule has 0 N–H and O–H groups in total. The van der Waals surface area contributed by atoms with Gasteiger partial charge in [0.1, 0.15) is 16.2 Å². The van der Waals surface area contributed by atoms with Gasteiger partial charge in [0.25, 0.3) is 0 Å². The third-order valence-electron chi connectivity index (χ3n) is 3.94. The van der Waals surface area contributed by atoms with Crippen molar-refractivity contribution in [2.24, 2.45) is 0 Å². The van der Waals surface area contributed by atoms with Crippen molar-refractivity contribution in [3.8, 4) is 0 Å². The van der Waals surface area contributed by atoms with Crippen molar-refractivity contribution in [2.45, 2.75) is 32.2 Å². The lowest BCUT2D eigenvalue weighted by Gasteiger charge is -2.24. The predicted molar refractivity (Wildman–Crippen MR) is 75.9 cm³/mol. The number of halogens is 1. The van der Waals surface area contributed by atoms with Crippen LogP contribution in [0.15, 0.2) is 10.7 Å². The number of nitrogens with zero attached hydrogens (tertiary/aromatic N) is 4. The first-order valence-electron chi connectivity index (χ1n) is 6.72. The van der Waals surface area contributed by atoms with Crippen LogP contribution in [0.25, 0.3) is 0 Å². The fourth-order valence-electron chi connectivity index (χ4n) is 3.03. The Morgan fingerprint density at radius 3 is 2.72 bits per heavy atom. The Kier molecular flexibility index (Phi) is 3.52. The minimum Gasteiger partial charge on any atom is -0.355 e. The van der Waals surface area contributed by atoms with E-state index in [0.717, 1.165) is 35.4 Å². The quantitative estimate of drug-likeness (QED) is 0.784. The Balaban J connectivity index is 1.70. The van der Waals surface area contributed by atoms with Gasteiger partial charge in [-0.15, -0.1) is 0 Å². The Labute approximate surface area is 117 Å². The second kappa shape index (κ2) is 5.13. The molecule has 3 heterocycles. The molecule has 0 spiro atoms. The first kappa shape index (κ1) is 12.4. The number of aromatic nitrogens is 2. The third-order valence-corrected chi connectivity index (χ3v) is 4.34. The smallest absolute Gasteiger partial charge is 0.133 e. The van der Waals surface area contributed by atoms with Gasteiger partial charge in [-0.1, -0.05) is 0 Å². The largest absolute Gasteiger partial charge is 0.355 e. The van der Waals surface area contributed by atoms with E-state index in [9.17, 15) is 0 Å². The standard InChI is InChI=1S/C13H19BrN4/c1-10-15-12(14)8-13(16-10)18-7-4-11(9-18)17-5-2-3-6-17/h8,11H,2-7,9H2,1H3. The highest BCUT2D eigenvalue weighted by molar-refractivity contribution is 9.10. The molecule has 2 fully saturated rings. The van der Waals surface area contributed by atoms with Crippen molar-refractivity contribution in [3.05, 3.63) is 16.5 Å². The topological polar surface area (TPSA) is 32.3 Å². The summed E-state index contributed by atoms with van der Waals surface area (Å²) in [5.41, 5.74) is 0. The fourth-order valence-corrected chi connectivity index (χ4v) is 3.49. The van der Waals surface area contributed by atoms with Gasteiger partial charge in [-0.2, -0.15) is 0 Å². The molecule has 0 radical (unpaired) electrons. The molecule has 5 heteroatoms. The maximum atomic E-state index is 4.54. The summed E-state index contributed by atoms with van der Waals surface area (Å²) < 4.78 is 0.884. The molecule has 2 saturated heterocycles. The Morgan fingerprint density at radius 2 is 2.00 bits per heavy atom. The molecular formula is C13H19BrN4. The molecular weight excluding hydrogens is 292 g/mol. The lowest BCUT2D eigenvalue weighted by Crippen LogP contribution is -2.35. The van der Waals surface area contributed by atoms with E-state index in [-0.39, 0.29) is 0 Å². The third kappa shape index (κ3) is 2.52. The number of rotatable bonds is 2. The van der Waals surface area contributed by atoms with Crippen molar-refractivity contribution in [2.75, 3.05) is 31.1 Å². The highest BCUT2D eigenvalue weighted by Gasteiger charge is 2.29. The molecule has 0 bridgehead atoms. The van der Waals surface area contributed by atoms with Crippen molar-refractivity contribution in [1.82, 2.24) is 14.9 Å². The summed E-state index contributed by atoms with van der Waals surface area (Å²) in [5, 5.41) is 0. The minimum absolute atomic E-state index is 0.724. The Morgan fingerprint density at radius 1 is 1.22 bits per heavy atom. The van der Waals surface area contributed by atoms with E-state index in [2.05, 4.69) is 35.7 Å². The molecule has 0 aliphatic carbocycles. The van der Waals surface area contributed by atoms with E-state index in [1.807, 2.05) is 13.0 Å². The summed E-state index contributed by atoms with van der Waals surface area (Å²) in [5.74, 6) is 1.90. The average Bonchev–Trinajstić information content (AvgIpc) is 2.99. The summed E-state index contributed by atoms with van der Waals surface area (Å²) in [6.45, 7) is 6.74. The summed E-state index contributed by atoms with van der Waals surface area (Å²) in [4.78, 5) is 13.8. The number of hydrogen-bond acceptors (Lipinski definition) is 4. The van der Waals surface area contributed by atoms with E-state index in [0.29, 0.717) is 0 Å². The molecule has 0 saturated carbocycles. The summed E-state index contributed by atoms with van der Waals surface area (Å²) >= 11 is 3.45. The van der Waals surface area contributed by atoms with Crippen molar-refractivity contribution < 1.29 is 0 Å². The maximum absolute atomic E-state index is 4.54. The molecule has 98 valence electrons. The molecule has 4 nitrogen and oxygen atoms in total. The minimum atomic E-state index is 0.724. The van der Waals surface area contributed by atoms with Crippen LogP contribution in [0.5, 0.6) is 0 Å². The number of likely N-dealkylation sites (tertiary alicyclic amines) is 1. The van der Waals surface area contributed by atoms with Gasteiger partial charge >= 0.3 is 0 Å². The molecule has 1 atom stereocenters. The molecule has 1 aromatic heterocycles. The van der Waals surface area contributed by atoms with Crippen LogP contribution in [-0.2, 0) is 0 Å². The van der Waals surface area contributed by atoms with Gasteiger partial charge in [-0.05, 0) is 55.2 Å². The van der Waals surface area contributed by atoms with Gasteiger partial charge in [-0.25, -0.2) is 9.97 Å². The Bertz CT molecular complexity index is 411. The van der Waals surface area contributed by atoms with E-state index >= 15 is 0 Å². The van der Waals surface area contributed by atoms with Crippen LogP contribution in [0.2, 0.25) is 0 Å². The second-order valence-electron chi connectivity index (χ2n) is 5.23. The van der Waals surface area contributed by atoms with Crippen LogP contribution in [0.3, 0.4) is 0 Å². The highest BCUT2D eigenvalue weighted by atomic mass is 79.9. The molecule has 1 unspecified atom stereocenters. The van der Waals surface area contributed by atoms with Gasteiger partial charge in [-0.3, -0.25) is 4.90 Å². The number of hydrogen-bond donors (Lipinski definition) is 0. The summed E-state index contributed by atoms with van der Waals surface area (Å²) in [6, 6.07) is 2.75. The van der Waals surface area contributed by atoms with Crippen LogP contribution >= 0.6 is 15.9 Å². The predicted octanol–water partition coefficient (Wildman–Crippen LogP) is 2.22. The zero-order chi connectivity index (χ0) is 12.5. The van der Waals surface area contributed by atoms with Crippen molar-refractivity contribution in [3.63, 3.8) is 0 Å². The van der Waals surface area contributed by atoms with Crippen molar-refractivity contribution in [1.29, 1.82) is 0 Å². The molecule has 18 heavy (non-hydrogen) atoms. The number of aryl methyl sites for hydroxylation is 1. The fraction of sp³-hybridized carbons (Fsp3) is 0.692.